The number of amides is 1. The van der Waals surface area contributed by atoms with E-state index in [1.807, 2.05) is 60.5 Å². The Balaban J connectivity index is 1.72. The highest BCUT2D eigenvalue weighted by Crippen LogP contribution is 2.31. The number of methoxy groups -OCH3 is 1. The van der Waals surface area contributed by atoms with E-state index in [1.165, 1.54) is 0 Å². The molecule has 0 aliphatic heterocycles. The van der Waals surface area contributed by atoms with Gasteiger partial charge in [0.2, 0.25) is 5.91 Å². The van der Waals surface area contributed by atoms with Gasteiger partial charge in [-0.15, -0.1) is 5.10 Å². The van der Waals surface area contributed by atoms with Crippen LogP contribution < -0.4 is 10.5 Å². The van der Waals surface area contributed by atoms with Gasteiger partial charge in [0, 0.05) is 28.8 Å². The van der Waals surface area contributed by atoms with Crippen LogP contribution in [0.15, 0.2) is 42.5 Å². The Bertz CT molecular complexity index is 1540. The van der Waals surface area contributed by atoms with Crippen molar-refractivity contribution in [3.05, 3.63) is 65.0 Å². The first-order valence-corrected chi connectivity index (χ1v) is 11.3. The molecule has 0 saturated heterocycles. The first-order chi connectivity index (χ1) is 16.9. The number of fused-ring (bicyclic) bond motifs is 1. The smallest absolute Gasteiger partial charge is 0.248 e. The molecule has 0 aliphatic carbocycles. The van der Waals surface area contributed by atoms with Crippen LogP contribution in [-0.2, 0) is 13.1 Å². The lowest BCUT2D eigenvalue weighted by molar-refractivity contribution is 0.100. The SMILES string of the molecule is CCn1nc(C)cc1-c1nc(-c2cc(C(N)=O)cc3c(C)[nH]nc23)n(Cc2ccc(OC)cc2)n1. The normalized spacial score (nSPS) is 11.3. The summed E-state index contributed by atoms with van der Waals surface area (Å²) in [6.07, 6.45) is 0. The maximum atomic E-state index is 12.1. The molecule has 0 fully saturated rings. The average molecular weight is 471 g/mol. The number of benzene rings is 2. The van der Waals surface area contributed by atoms with Crippen molar-refractivity contribution < 1.29 is 9.53 Å². The van der Waals surface area contributed by atoms with Crippen molar-refractivity contribution in [2.75, 3.05) is 7.11 Å². The molecule has 10 heteroatoms. The topological polar surface area (TPSA) is 130 Å². The van der Waals surface area contributed by atoms with Crippen LogP contribution in [-0.4, -0.2) is 47.8 Å². The van der Waals surface area contributed by atoms with E-state index < -0.39 is 5.91 Å². The lowest BCUT2D eigenvalue weighted by Crippen LogP contribution is -2.11. The van der Waals surface area contributed by atoms with Gasteiger partial charge in [0.1, 0.15) is 17.0 Å². The van der Waals surface area contributed by atoms with Crippen molar-refractivity contribution in [1.82, 2.24) is 34.7 Å². The molecule has 0 saturated carbocycles. The van der Waals surface area contributed by atoms with E-state index in [9.17, 15) is 4.79 Å². The van der Waals surface area contributed by atoms with Crippen molar-refractivity contribution in [2.45, 2.75) is 33.9 Å². The summed E-state index contributed by atoms with van der Waals surface area (Å²) in [5, 5.41) is 17.7. The Kier molecular flexibility index (Phi) is 5.56. The van der Waals surface area contributed by atoms with Crippen LogP contribution in [0.25, 0.3) is 33.8 Å². The molecule has 5 aromatic rings. The van der Waals surface area contributed by atoms with E-state index in [0.717, 1.165) is 33.8 Å². The van der Waals surface area contributed by atoms with E-state index in [2.05, 4.69) is 15.3 Å². The number of primary amides is 1. The van der Waals surface area contributed by atoms with Crippen molar-refractivity contribution in [3.63, 3.8) is 0 Å². The number of H-pyrrole nitrogens is 1. The van der Waals surface area contributed by atoms with Gasteiger partial charge in [-0.05, 0) is 56.7 Å². The second kappa shape index (κ2) is 8.71. The van der Waals surface area contributed by atoms with Crippen molar-refractivity contribution in [3.8, 4) is 28.7 Å². The number of ether oxygens (including phenoxy) is 1. The number of rotatable bonds is 7. The van der Waals surface area contributed by atoms with Gasteiger partial charge in [-0.2, -0.15) is 10.2 Å². The van der Waals surface area contributed by atoms with E-state index in [4.69, 9.17) is 20.6 Å². The van der Waals surface area contributed by atoms with E-state index in [1.54, 1.807) is 19.2 Å². The standard InChI is InChI=1S/C25H26N8O2/c1-5-32-21(10-14(2)30-32)24-27-25(33(31-24)13-16-6-8-18(35-4)9-7-16)20-12-17(23(26)34)11-19-15(3)28-29-22(19)20/h6-12H,5,13H2,1-4H3,(H2,26,34)(H,28,29). The minimum atomic E-state index is -0.519. The lowest BCUT2D eigenvalue weighted by atomic mass is 10.0. The predicted octanol–water partition coefficient (Wildman–Crippen LogP) is 3.48. The molecule has 5 rings (SSSR count). The van der Waals surface area contributed by atoms with Crippen molar-refractivity contribution in [2.24, 2.45) is 5.73 Å². The van der Waals surface area contributed by atoms with Crippen LogP contribution in [0.4, 0.5) is 0 Å². The summed E-state index contributed by atoms with van der Waals surface area (Å²) in [6.45, 7) is 7.01. The molecule has 1 amide bonds. The van der Waals surface area contributed by atoms with Crippen LogP contribution in [0, 0.1) is 13.8 Å². The van der Waals surface area contributed by atoms with Gasteiger partial charge < -0.3 is 10.5 Å². The van der Waals surface area contributed by atoms with Gasteiger partial charge in [-0.3, -0.25) is 14.6 Å². The number of carbonyl (C=O) groups excluding carboxylic acids is 1. The van der Waals surface area contributed by atoms with E-state index in [0.29, 0.717) is 41.4 Å². The molecule has 2 aromatic carbocycles. The summed E-state index contributed by atoms with van der Waals surface area (Å²) in [6, 6.07) is 13.2. The highest BCUT2D eigenvalue weighted by molar-refractivity contribution is 6.02. The lowest BCUT2D eigenvalue weighted by Gasteiger charge is -2.09. The van der Waals surface area contributed by atoms with Crippen LogP contribution in [0.5, 0.6) is 5.75 Å². The fourth-order valence-electron chi connectivity index (χ4n) is 4.18. The molecule has 0 bridgehead atoms. The van der Waals surface area contributed by atoms with Crippen LogP contribution in [0.1, 0.15) is 34.2 Å². The number of aromatic nitrogens is 7. The maximum Gasteiger partial charge on any atom is 0.248 e. The summed E-state index contributed by atoms with van der Waals surface area (Å²) >= 11 is 0. The molecule has 35 heavy (non-hydrogen) atoms. The molecule has 0 atom stereocenters. The van der Waals surface area contributed by atoms with Crippen LogP contribution in [0.3, 0.4) is 0 Å². The molecule has 178 valence electrons. The molecule has 10 nitrogen and oxygen atoms in total. The highest BCUT2D eigenvalue weighted by atomic mass is 16.5. The Morgan fingerprint density at radius 2 is 1.86 bits per heavy atom. The zero-order chi connectivity index (χ0) is 24.7. The third kappa shape index (κ3) is 4.03. The Labute approximate surface area is 201 Å². The molecule has 0 spiro atoms. The first kappa shape index (κ1) is 22.3. The Morgan fingerprint density at radius 1 is 1.09 bits per heavy atom. The largest absolute Gasteiger partial charge is 0.497 e. The summed E-state index contributed by atoms with van der Waals surface area (Å²) in [4.78, 5) is 17.1. The molecule has 0 aliphatic rings. The van der Waals surface area contributed by atoms with Gasteiger partial charge in [0.15, 0.2) is 11.6 Å². The van der Waals surface area contributed by atoms with Crippen molar-refractivity contribution >= 4 is 16.8 Å². The van der Waals surface area contributed by atoms with Crippen LogP contribution >= 0.6 is 0 Å². The summed E-state index contributed by atoms with van der Waals surface area (Å²) in [5.74, 6) is 1.38. The fraction of sp³-hybridized carbons (Fsp3) is 0.240. The van der Waals surface area contributed by atoms with Crippen LogP contribution in [0.2, 0.25) is 0 Å². The maximum absolute atomic E-state index is 12.1. The quantitative estimate of drug-likeness (QED) is 0.375. The zero-order valence-electron chi connectivity index (χ0n) is 20.0. The first-order valence-electron chi connectivity index (χ1n) is 11.3. The number of aryl methyl sites for hydroxylation is 3. The minimum absolute atomic E-state index is 0.381. The molecule has 3 aromatic heterocycles. The number of nitrogens with zero attached hydrogens (tertiary/aromatic N) is 6. The van der Waals surface area contributed by atoms with Crippen molar-refractivity contribution in [1.29, 1.82) is 0 Å². The number of hydrogen-bond acceptors (Lipinski definition) is 6. The number of hydrogen-bond donors (Lipinski definition) is 2. The Hall–Kier alpha value is -4.47. The summed E-state index contributed by atoms with van der Waals surface area (Å²) in [5.41, 5.74) is 11.0. The molecular formula is C25H26N8O2. The molecule has 3 N–H and O–H groups in total. The summed E-state index contributed by atoms with van der Waals surface area (Å²) < 4.78 is 8.99. The van der Waals surface area contributed by atoms with E-state index >= 15 is 0 Å². The van der Waals surface area contributed by atoms with Gasteiger partial charge in [-0.1, -0.05) is 12.1 Å². The van der Waals surface area contributed by atoms with Gasteiger partial charge in [0.25, 0.3) is 0 Å². The average Bonchev–Trinajstić information content (AvgIpc) is 3.55. The highest BCUT2D eigenvalue weighted by Gasteiger charge is 2.22. The number of nitrogens with one attached hydrogen (secondary N) is 1. The minimum Gasteiger partial charge on any atom is -0.497 e. The van der Waals surface area contributed by atoms with Gasteiger partial charge >= 0.3 is 0 Å². The van der Waals surface area contributed by atoms with Gasteiger partial charge in [-0.25, -0.2) is 9.67 Å². The third-order valence-corrected chi connectivity index (χ3v) is 5.97. The zero-order valence-corrected chi connectivity index (χ0v) is 20.0. The molecular weight excluding hydrogens is 444 g/mol. The van der Waals surface area contributed by atoms with Gasteiger partial charge in [0.05, 0.1) is 19.3 Å². The molecule has 3 heterocycles. The Morgan fingerprint density at radius 3 is 2.54 bits per heavy atom. The second-order valence-electron chi connectivity index (χ2n) is 8.38. The number of aromatic amines is 1. The second-order valence-corrected chi connectivity index (χ2v) is 8.38. The predicted molar refractivity (Wildman–Crippen MR) is 132 cm³/mol. The number of carbonyl (C=O) groups is 1. The molecule has 0 radical (unpaired) electrons. The summed E-state index contributed by atoms with van der Waals surface area (Å²) in [7, 11) is 1.64. The monoisotopic (exact) mass is 470 g/mol. The molecule has 0 unspecified atom stereocenters. The fourth-order valence-corrected chi connectivity index (χ4v) is 4.18. The third-order valence-electron chi connectivity index (χ3n) is 5.97. The van der Waals surface area contributed by atoms with E-state index in [-0.39, 0.29) is 0 Å². The number of nitrogens with two attached hydrogens (primary N) is 1.